The monoisotopic (exact) mass is 419 g/mol. The molecule has 0 saturated heterocycles. The maximum absolute atomic E-state index is 12.2. The number of carbonyl (C=O) groups excluding carboxylic acids is 1. The van der Waals surface area contributed by atoms with Gasteiger partial charge in [-0.3, -0.25) is 14.6 Å². The molecular formula is C25H29N3O3. The third-order valence-electron chi connectivity index (χ3n) is 5.15. The molecule has 1 heterocycles. The Kier molecular flexibility index (Phi) is 7.23. The van der Waals surface area contributed by atoms with Crippen LogP contribution in [0.15, 0.2) is 54.6 Å². The average Bonchev–Trinajstić information content (AvgIpc) is 2.73. The second-order valence-electron chi connectivity index (χ2n) is 8.16. The molecule has 0 bridgehead atoms. The number of carbonyl (C=O) groups is 2. The molecule has 3 rings (SSSR count). The van der Waals surface area contributed by atoms with Gasteiger partial charge in [0, 0.05) is 17.5 Å². The van der Waals surface area contributed by atoms with Crippen LogP contribution in [-0.2, 0) is 4.79 Å². The molecule has 1 atom stereocenters. The van der Waals surface area contributed by atoms with Crippen LogP contribution in [0, 0.1) is 12.8 Å². The summed E-state index contributed by atoms with van der Waals surface area (Å²) in [6.07, 6.45) is 0.833. The summed E-state index contributed by atoms with van der Waals surface area (Å²) < 4.78 is 0. The van der Waals surface area contributed by atoms with Crippen molar-refractivity contribution >= 4 is 28.5 Å². The quantitative estimate of drug-likeness (QED) is 0.457. The summed E-state index contributed by atoms with van der Waals surface area (Å²) in [6, 6.07) is 17.8. The third-order valence-corrected chi connectivity index (χ3v) is 5.15. The fourth-order valence-corrected chi connectivity index (χ4v) is 3.55. The van der Waals surface area contributed by atoms with Crippen molar-refractivity contribution in [3.05, 3.63) is 71.4 Å². The minimum absolute atomic E-state index is 0.0748. The largest absolute Gasteiger partial charge is 0.481 e. The summed E-state index contributed by atoms with van der Waals surface area (Å²) in [4.78, 5) is 27.5. The summed E-state index contributed by atoms with van der Waals surface area (Å²) in [7, 11) is 0. The number of rotatable bonds is 9. The SMILES string of the molecule is Cc1nc2ccccc2cc1N[C@H](CC(C)C)c1ccc(C(=O)NCCC(=O)O)cc1. The van der Waals surface area contributed by atoms with Crippen molar-refractivity contribution in [3.63, 3.8) is 0 Å². The van der Waals surface area contributed by atoms with Crippen molar-refractivity contribution in [1.29, 1.82) is 0 Å². The molecular weight excluding hydrogens is 390 g/mol. The van der Waals surface area contributed by atoms with Crippen molar-refractivity contribution in [1.82, 2.24) is 10.3 Å². The van der Waals surface area contributed by atoms with Crippen LogP contribution in [0.3, 0.4) is 0 Å². The normalized spacial score (nSPS) is 12.0. The Hall–Kier alpha value is -3.41. The first-order valence-electron chi connectivity index (χ1n) is 10.6. The lowest BCUT2D eigenvalue weighted by molar-refractivity contribution is -0.136. The predicted octanol–water partition coefficient (Wildman–Crippen LogP) is 4.95. The summed E-state index contributed by atoms with van der Waals surface area (Å²) in [5, 5.41) is 16.1. The summed E-state index contributed by atoms with van der Waals surface area (Å²) in [6.45, 7) is 6.49. The van der Waals surface area contributed by atoms with E-state index >= 15 is 0 Å². The average molecular weight is 420 g/mol. The van der Waals surface area contributed by atoms with Crippen molar-refractivity contribution in [3.8, 4) is 0 Å². The van der Waals surface area contributed by atoms with Crippen LogP contribution < -0.4 is 10.6 Å². The number of aromatic nitrogens is 1. The number of aryl methyl sites for hydroxylation is 1. The fraction of sp³-hybridized carbons (Fsp3) is 0.320. The minimum Gasteiger partial charge on any atom is -0.481 e. The minimum atomic E-state index is -0.934. The number of carboxylic acids is 1. The van der Waals surface area contributed by atoms with Crippen molar-refractivity contribution in [2.24, 2.45) is 5.92 Å². The molecule has 0 aliphatic heterocycles. The van der Waals surface area contributed by atoms with E-state index in [-0.39, 0.29) is 24.9 Å². The highest BCUT2D eigenvalue weighted by Gasteiger charge is 2.16. The van der Waals surface area contributed by atoms with Gasteiger partial charge in [0.15, 0.2) is 0 Å². The van der Waals surface area contributed by atoms with Crippen LogP contribution in [0.5, 0.6) is 0 Å². The molecule has 0 spiro atoms. The van der Waals surface area contributed by atoms with E-state index in [1.165, 1.54) is 0 Å². The van der Waals surface area contributed by atoms with Gasteiger partial charge in [-0.25, -0.2) is 0 Å². The number of carboxylic acid groups (broad SMARTS) is 1. The number of fused-ring (bicyclic) bond motifs is 1. The van der Waals surface area contributed by atoms with Crippen LogP contribution >= 0.6 is 0 Å². The lowest BCUT2D eigenvalue weighted by atomic mass is 9.95. The van der Waals surface area contributed by atoms with Crippen LogP contribution in [0.4, 0.5) is 5.69 Å². The predicted molar refractivity (Wildman–Crippen MR) is 123 cm³/mol. The van der Waals surface area contributed by atoms with Gasteiger partial charge >= 0.3 is 5.97 Å². The Morgan fingerprint density at radius 1 is 1.06 bits per heavy atom. The third kappa shape index (κ3) is 6.04. The lowest BCUT2D eigenvalue weighted by Crippen LogP contribution is -2.26. The number of para-hydroxylation sites is 1. The number of hydrogen-bond acceptors (Lipinski definition) is 4. The molecule has 0 radical (unpaired) electrons. The molecule has 3 N–H and O–H groups in total. The van der Waals surface area contributed by atoms with Gasteiger partial charge < -0.3 is 15.7 Å². The van der Waals surface area contributed by atoms with Crippen molar-refractivity contribution < 1.29 is 14.7 Å². The molecule has 162 valence electrons. The topological polar surface area (TPSA) is 91.3 Å². The smallest absolute Gasteiger partial charge is 0.305 e. The summed E-state index contributed by atoms with van der Waals surface area (Å²) in [5.74, 6) is -0.724. The van der Waals surface area contributed by atoms with Crippen molar-refractivity contribution in [2.75, 3.05) is 11.9 Å². The molecule has 0 aliphatic rings. The first-order valence-corrected chi connectivity index (χ1v) is 10.6. The van der Waals surface area contributed by atoms with E-state index in [2.05, 4.69) is 36.6 Å². The van der Waals surface area contributed by atoms with Gasteiger partial charge in [-0.1, -0.05) is 44.2 Å². The molecule has 2 aromatic carbocycles. The van der Waals surface area contributed by atoms with Crippen LogP contribution in [0.2, 0.25) is 0 Å². The van der Waals surface area contributed by atoms with E-state index in [1.54, 1.807) is 12.1 Å². The zero-order chi connectivity index (χ0) is 22.4. The summed E-state index contributed by atoms with van der Waals surface area (Å²) in [5.41, 5.74) is 4.52. The number of nitrogens with one attached hydrogen (secondary N) is 2. The first kappa shape index (κ1) is 22.3. The van der Waals surface area contributed by atoms with Crippen LogP contribution in [0.25, 0.3) is 10.9 Å². The van der Waals surface area contributed by atoms with Gasteiger partial charge in [0.25, 0.3) is 5.91 Å². The van der Waals surface area contributed by atoms with E-state index in [0.717, 1.165) is 34.3 Å². The lowest BCUT2D eigenvalue weighted by Gasteiger charge is -2.23. The number of aliphatic carboxylic acids is 1. The highest BCUT2D eigenvalue weighted by atomic mass is 16.4. The number of benzene rings is 2. The number of pyridine rings is 1. The fourth-order valence-electron chi connectivity index (χ4n) is 3.55. The number of anilines is 1. The Morgan fingerprint density at radius 3 is 2.45 bits per heavy atom. The Bertz CT molecular complexity index is 1060. The van der Waals surface area contributed by atoms with E-state index in [0.29, 0.717) is 11.5 Å². The second kappa shape index (κ2) is 10.1. The van der Waals surface area contributed by atoms with E-state index in [1.807, 2.05) is 37.3 Å². The molecule has 0 saturated carbocycles. The summed E-state index contributed by atoms with van der Waals surface area (Å²) >= 11 is 0. The van der Waals surface area contributed by atoms with E-state index < -0.39 is 5.97 Å². The number of nitrogens with zero attached hydrogens (tertiary/aromatic N) is 1. The zero-order valence-corrected chi connectivity index (χ0v) is 18.2. The zero-order valence-electron chi connectivity index (χ0n) is 18.2. The highest BCUT2D eigenvalue weighted by Crippen LogP contribution is 2.29. The molecule has 31 heavy (non-hydrogen) atoms. The van der Waals surface area contributed by atoms with Crippen molar-refractivity contribution in [2.45, 2.75) is 39.7 Å². The molecule has 6 heteroatoms. The Morgan fingerprint density at radius 2 is 1.77 bits per heavy atom. The molecule has 6 nitrogen and oxygen atoms in total. The number of hydrogen-bond donors (Lipinski definition) is 3. The van der Waals surface area contributed by atoms with Crippen LogP contribution in [0.1, 0.15) is 54.3 Å². The standard InChI is InChI=1S/C25H29N3O3/c1-16(2)14-23(28-22-15-20-6-4-5-7-21(20)27-17(22)3)18-8-10-19(11-9-18)25(31)26-13-12-24(29)30/h4-11,15-16,23,28H,12-14H2,1-3H3,(H,26,31)(H,29,30)/t23-/m1/s1. The van der Waals surface area contributed by atoms with Gasteiger partial charge in [0.05, 0.1) is 29.4 Å². The van der Waals surface area contributed by atoms with E-state index in [4.69, 9.17) is 10.1 Å². The Balaban J connectivity index is 1.79. The molecule has 1 aromatic heterocycles. The van der Waals surface area contributed by atoms with Gasteiger partial charge in [-0.2, -0.15) is 0 Å². The molecule has 1 amide bonds. The molecule has 0 fully saturated rings. The van der Waals surface area contributed by atoms with Gasteiger partial charge in [-0.15, -0.1) is 0 Å². The highest BCUT2D eigenvalue weighted by molar-refractivity contribution is 5.94. The Labute approximate surface area is 182 Å². The first-order chi connectivity index (χ1) is 14.8. The molecule has 0 unspecified atom stereocenters. The van der Waals surface area contributed by atoms with Gasteiger partial charge in [0.2, 0.25) is 0 Å². The molecule has 0 aliphatic carbocycles. The van der Waals surface area contributed by atoms with Gasteiger partial charge in [0.1, 0.15) is 0 Å². The second-order valence-corrected chi connectivity index (χ2v) is 8.16. The maximum Gasteiger partial charge on any atom is 0.305 e. The van der Waals surface area contributed by atoms with Crippen LogP contribution in [-0.4, -0.2) is 28.5 Å². The van der Waals surface area contributed by atoms with E-state index in [9.17, 15) is 9.59 Å². The number of amides is 1. The van der Waals surface area contributed by atoms with Gasteiger partial charge in [-0.05, 0) is 49.1 Å². The maximum atomic E-state index is 12.2. The molecule has 3 aromatic rings.